The summed E-state index contributed by atoms with van der Waals surface area (Å²) >= 11 is 0. The van der Waals surface area contributed by atoms with Gasteiger partial charge in [0.05, 0.1) is 17.1 Å². The van der Waals surface area contributed by atoms with Crippen LogP contribution in [0.15, 0.2) is 24.3 Å². The van der Waals surface area contributed by atoms with Crippen molar-refractivity contribution >= 4 is 17.6 Å². The number of alkyl halides is 3. The van der Waals surface area contributed by atoms with E-state index in [-0.39, 0.29) is 17.9 Å². The van der Waals surface area contributed by atoms with Crippen LogP contribution >= 0.6 is 0 Å². The average molecular weight is 302 g/mol. The van der Waals surface area contributed by atoms with Gasteiger partial charge in [0.15, 0.2) is 0 Å². The minimum absolute atomic E-state index is 0.0992. The fourth-order valence-corrected chi connectivity index (χ4v) is 1.75. The number of anilines is 1. The first kappa shape index (κ1) is 16.8. The molecule has 0 aromatic heterocycles. The lowest BCUT2D eigenvalue weighted by Crippen LogP contribution is -2.40. The zero-order valence-electron chi connectivity index (χ0n) is 11.4. The van der Waals surface area contributed by atoms with Crippen molar-refractivity contribution in [1.29, 1.82) is 5.41 Å². The molecule has 0 saturated carbocycles. The van der Waals surface area contributed by atoms with Gasteiger partial charge in [0, 0.05) is 12.5 Å². The first-order valence-electron chi connectivity index (χ1n) is 6.30. The van der Waals surface area contributed by atoms with Crippen molar-refractivity contribution in [3.63, 3.8) is 0 Å². The molecule has 1 rings (SSSR count). The van der Waals surface area contributed by atoms with Gasteiger partial charge in [-0.15, -0.1) is 0 Å². The van der Waals surface area contributed by atoms with Crippen molar-refractivity contribution in [2.45, 2.75) is 32.0 Å². The maximum Gasteiger partial charge on any atom is 0.418 e. The second-order valence-corrected chi connectivity index (χ2v) is 4.48. The van der Waals surface area contributed by atoms with Gasteiger partial charge in [-0.1, -0.05) is 19.1 Å². The third kappa shape index (κ3) is 5.33. The maximum atomic E-state index is 12.8. The van der Waals surface area contributed by atoms with Crippen molar-refractivity contribution in [2.24, 2.45) is 5.73 Å². The summed E-state index contributed by atoms with van der Waals surface area (Å²) in [6, 6.07) is 3.55. The minimum Gasteiger partial charge on any atom is -0.388 e. The minimum atomic E-state index is -4.55. The van der Waals surface area contributed by atoms with E-state index in [4.69, 9.17) is 11.1 Å². The van der Waals surface area contributed by atoms with Crippen LogP contribution in [0.2, 0.25) is 0 Å². The molecular weight excluding hydrogens is 285 g/mol. The van der Waals surface area contributed by atoms with Gasteiger partial charge in [-0.25, -0.2) is 4.79 Å². The van der Waals surface area contributed by atoms with Gasteiger partial charge in [-0.2, -0.15) is 13.2 Å². The van der Waals surface area contributed by atoms with E-state index >= 15 is 0 Å². The Balaban J connectivity index is 2.77. The van der Waals surface area contributed by atoms with Crippen molar-refractivity contribution < 1.29 is 18.0 Å². The number of urea groups is 1. The molecule has 0 spiro atoms. The predicted octanol–water partition coefficient (Wildman–Crippen LogP) is 2.93. The lowest BCUT2D eigenvalue weighted by atomic mass is 10.1. The third-order valence-corrected chi connectivity index (χ3v) is 2.77. The lowest BCUT2D eigenvalue weighted by Gasteiger charge is -2.18. The summed E-state index contributed by atoms with van der Waals surface area (Å²) in [7, 11) is 0. The zero-order chi connectivity index (χ0) is 16.0. The molecular formula is C13H17F3N4O. The van der Waals surface area contributed by atoms with Crippen LogP contribution in [-0.2, 0) is 6.18 Å². The number of nitrogens with two attached hydrogens (primary N) is 1. The Morgan fingerprint density at radius 3 is 2.52 bits per heavy atom. The van der Waals surface area contributed by atoms with E-state index in [1.54, 1.807) is 6.92 Å². The number of benzene rings is 1. The van der Waals surface area contributed by atoms with Crippen LogP contribution in [0.1, 0.15) is 25.3 Å². The molecule has 0 saturated heterocycles. The highest BCUT2D eigenvalue weighted by molar-refractivity contribution is 5.90. The van der Waals surface area contributed by atoms with Crippen molar-refractivity contribution in [3.8, 4) is 0 Å². The van der Waals surface area contributed by atoms with E-state index in [1.165, 1.54) is 18.2 Å². The highest BCUT2D eigenvalue weighted by Crippen LogP contribution is 2.34. The molecule has 2 amide bonds. The Kier molecular flexibility index (Phi) is 5.57. The molecule has 5 nitrogen and oxygen atoms in total. The predicted molar refractivity (Wildman–Crippen MR) is 74.2 cm³/mol. The molecule has 0 aliphatic rings. The number of para-hydroxylation sites is 1. The molecule has 0 heterocycles. The summed E-state index contributed by atoms with van der Waals surface area (Å²) in [5.41, 5.74) is 4.01. The Labute approximate surface area is 120 Å². The lowest BCUT2D eigenvalue weighted by molar-refractivity contribution is -0.136. The smallest absolute Gasteiger partial charge is 0.388 e. The Morgan fingerprint density at radius 1 is 1.38 bits per heavy atom. The van der Waals surface area contributed by atoms with Crippen LogP contribution in [0.25, 0.3) is 0 Å². The van der Waals surface area contributed by atoms with Gasteiger partial charge in [-0.3, -0.25) is 5.41 Å². The van der Waals surface area contributed by atoms with Gasteiger partial charge < -0.3 is 16.4 Å². The number of halogens is 3. The Hall–Kier alpha value is -2.25. The largest absolute Gasteiger partial charge is 0.418 e. The van der Waals surface area contributed by atoms with Gasteiger partial charge >= 0.3 is 12.2 Å². The number of nitrogens with one attached hydrogen (secondary N) is 3. The summed E-state index contributed by atoms with van der Waals surface area (Å²) in [4.78, 5) is 11.7. The van der Waals surface area contributed by atoms with Crippen LogP contribution in [0.4, 0.5) is 23.7 Å². The van der Waals surface area contributed by atoms with Gasteiger partial charge in [0.25, 0.3) is 0 Å². The summed E-state index contributed by atoms with van der Waals surface area (Å²) in [5.74, 6) is -0.0992. The number of hydrogen-bond donors (Lipinski definition) is 4. The monoisotopic (exact) mass is 302 g/mol. The summed E-state index contributed by atoms with van der Waals surface area (Å²) in [5, 5.41) is 11.8. The summed E-state index contributed by atoms with van der Waals surface area (Å²) in [6.45, 7) is 1.78. The number of rotatable bonds is 5. The van der Waals surface area contributed by atoms with E-state index in [2.05, 4.69) is 10.6 Å². The van der Waals surface area contributed by atoms with Gasteiger partial charge in [-0.05, 0) is 18.6 Å². The number of carbonyl (C=O) groups is 1. The Morgan fingerprint density at radius 2 is 2.00 bits per heavy atom. The summed E-state index contributed by atoms with van der Waals surface area (Å²) in [6.07, 6.45) is -3.90. The number of amides is 2. The highest BCUT2D eigenvalue weighted by atomic mass is 19.4. The molecule has 1 unspecified atom stereocenters. The molecule has 116 valence electrons. The molecule has 21 heavy (non-hydrogen) atoms. The molecule has 8 heteroatoms. The SMILES string of the molecule is CCC(CC(=N)N)NC(=O)Nc1ccccc1C(F)(F)F. The first-order chi connectivity index (χ1) is 9.74. The van der Waals surface area contributed by atoms with Crippen LogP contribution in [0, 0.1) is 5.41 Å². The third-order valence-electron chi connectivity index (χ3n) is 2.77. The van der Waals surface area contributed by atoms with Crippen molar-refractivity contribution in [2.75, 3.05) is 5.32 Å². The number of carbonyl (C=O) groups excluding carboxylic acids is 1. The van der Waals surface area contributed by atoms with Crippen LogP contribution in [-0.4, -0.2) is 17.9 Å². The van der Waals surface area contributed by atoms with E-state index in [0.29, 0.717) is 6.42 Å². The average Bonchev–Trinajstić information content (AvgIpc) is 2.36. The van der Waals surface area contributed by atoms with Crippen molar-refractivity contribution in [3.05, 3.63) is 29.8 Å². The molecule has 1 aromatic carbocycles. The second kappa shape index (κ2) is 6.96. The molecule has 0 fully saturated rings. The fraction of sp³-hybridized carbons (Fsp3) is 0.385. The van der Waals surface area contributed by atoms with Crippen LogP contribution < -0.4 is 16.4 Å². The number of hydrogen-bond acceptors (Lipinski definition) is 2. The van der Waals surface area contributed by atoms with Crippen molar-refractivity contribution in [1.82, 2.24) is 5.32 Å². The molecule has 0 aliphatic carbocycles. The topological polar surface area (TPSA) is 91.0 Å². The molecule has 5 N–H and O–H groups in total. The van der Waals surface area contributed by atoms with Crippen LogP contribution in [0.3, 0.4) is 0 Å². The quantitative estimate of drug-likeness (QED) is 0.497. The van der Waals surface area contributed by atoms with E-state index in [1.807, 2.05) is 0 Å². The number of amidine groups is 1. The molecule has 0 aliphatic heterocycles. The Bertz CT molecular complexity index is 516. The van der Waals surface area contributed by atoms with E-state index in [9.17, 15) is 18.0 Å². The summed E-state index contributed by atoms with van der Waals surface area (Å²) < 4.78 is 38.3. The van der Waals surface area contributed by atoms with E-state index in [0.717, 1.165) is 6.07 Å². The van der Waals surface area contributed by atoms with Gasteiger partial charge in [0.2, 0.25) is 0 Å². The first-order valence-corrected chi connectivity index (χ1v) is 6.30. The zero-order valence-corrected chi connectivity index (χ0v) is 11.4. The van der Waals surface area contributed by atoms with E-state index < -0.39 is 23.8 Å². The maximum absolute atomic E-state index is 12.8. The molecule has 1 aromatic rings. The highest BCUT2D eigenvalue weighted by Gasteiger charge is 2.33. The standard InChI is InChI=1S/C13H17F3N4O/c1-2-8(7-11(17)18)19-12(21)20-10-6-4-3-5-9(10)13(14,15)16/h3-6,8H,2,7H2,1H3,(H3,17,18)(H2,19,20,21). The second-order valence-electron chi connectivity index (χ2n) is 4.48. The van der Waals surface area contributed by atoms with Crippen LogP contribution in [0.5, 0.6) is 0 Å². The van der Waals surface area contributed by atoms with Gasteiger partial charge in [0.1, 0.15) is 0 Å². The fourth-order valence-electron chi connectivity index (χ4n) is 1.75. The molecule has 0 bridgehead atoms. The normalized spacial score (nSPS) is 12.6. The molecule has 1 atom stereocenters. The molecule has 0 radical (unpaired) electrons.